The van der Waals surface area contributed by atoms with Crippen molar-refractivity contribution in [3.63, 3.8) is 0 Å². The lowest BCUT2D eigenvalue weighted by atomic mass is 9.12. The van der Waals surface area contributed by atoms with E-state index in [1.807, 2.05) is 0 Å². The largest absolute Gasteiger partial charge is 0.394 e. The van der Waals surface area contributed by atoms with Crippen LogP contribution in [0.2, 0.25) is 6.04 Å². The Morgan fingerprint density at radius 2 is 0.510 bits per heavy atom. The van der Waals surface area contributed by atoms with E-state index in [9.17, 15) is 39.5 Å². The zero-order chi connectivity index (χ0) is 39.0. The maximum absolute atomic E-state index is 16.5. The molecular weight excluding hydrogens is 768 g/mol. The van der Waals surface area contributed by atoms with E-state index >= 15 is 43.9 Å². The third-order valence-corrected chi connectivity index (χ3v) is 11.7. The van der Waals surface area contributed by atoms with Gasteiger partial charge in [-0.3, -0.25) is 0 Å². The van der Waals surface area contributed by atoms with Crippen molar-refractivity contribution in [1.29, 1.82) is 0 Å². The number of hydrogen-bond acceptors (Lipinski definition) is 2. The van der Waals surface area contributed by atoms with E-state index in [0.717, 1.165) is 6.92 Å². The van der Waals surface area contributed by atoms with Crippen LogP contribution in [0.5, 0.6) is 0 Å². The maximum atomic E-state index is 16.5. The quantitative estimate of drug-likeness (QED) is 0.0995. The minimum Gasteiger partial charge on any atom is -0.394 e. The molecule has 0 fully saturated rings. The minimum absolute atomic E-state index is 0.620. The van der Waals surface area contributed by atoms with Crippen molar-refractivity contribution in [3.8, 4) is 0 Å². The highest BCUT2D eigenvalue weighted by Gasteiger charge is 2.54. The fourth-order valence-corrected chi connectivity index (χ4v) is 8.38. The topological polar surface area (TPSA) is 18.5 Å². The molecule has 0 atom stereocenters. The van der Waals surface area contributed by atoms with Crippen molar-refractivity contribution >= 4 is 41.7 Å². The first-order chi connectivity index (χ1) is 23.6. The summed E-state index contributed by atoms with van der Waals surface area (Å²) in [6.45, 7) is 0.995. The van der Waals surface area contributed by atoms with E-state index in [1.165, 1.54) is 0 Å². The molecule has 4 aromatic carbocycles. The first kappa shape index (κ1) is 39.5. The number of hydrogen-bond donors (Lipinski definition) is 0. The highest BCUT2D eigenvalue weighted by molar-refractivity contribution is 7.20. The molecule has 0 aliphatic carbocycles. The van der Waals surface area contributed by atoms with Crippen LogP contribution < -0.4 is 27.0 Å². The maximum Gasteiger partial charge on any atom is 0.377 e. The normalized spacial score (nSPS) is 12.4. The average Bonchev–Trinajstić information content (AvgIpc) is 3.11. The van der Waals surface area contributed by atoms with Gasteiger partial charge in [-0.2, -0.15) is 0 Å². The van der Waals surface area contributed by atoms with E-state index in [4.69, 9.17) is 8.85 Å². The molecule has 2 nitrogen and oxygen atoms in total. The smallest absolute Gasteiger partial charge is 0.377 e. The summed E-state index contributed by atoms with van der Waals surface area (Å²) >= 11 is 0. The molecule has 0 aliphatic rings. The van der Waals surface area contributed by atoms with Gasteiger partial charge in [0.1, 0.15) is 52.7 Å². The van der Waals surface area contributed by atoms with Crippen LogP contribution in [0.25, 0.3) is 0 Å². The first-order valence-corrected chi connectivity index (χ1v) is 15.3. The zero-order valence-electron chi connectivity index (χ0n) is 24.8. The van der Waals surface area contributed by atoms with E-state index in [1.54, 1.807) is 0 Å². The van der Waals surface area contributed by atoms with Crippen LogP contribution in [0.4, 0.5) is 83.4 Å². The van der Waals surface area contributed by atoms with Crippen molar-refractivity contribution in [2.45, 2.75) is 13.0 Å². The molecule has 0 spiro atoms. The van der Waals surface area contributed by atoms with Crippen LogP contribution in [0.15, 0.2) is 0 Å². The molecule has 0 saturated carbocycles. The standard InChI is InChI=1S/C28H11BF19O2Si/c1-4-51(49-2,50-3)28-26(47)15(36)8(16(37)27(28)48)29(5-9(30)17(38)23(44)18(39)10(5)31,6-11(32)19(40)24(45)20(41)12(6)33)7-13(34)21(42)25(46)22(43)14(7)35/h4H2,1-3H3/q-1. The molecule has 0 saturated heterocycles. The Kier molecular flexibility index (Phi) is 10.4. The second kappa shape index (κ2) is 13.4. The van der Waals surface area contributed by atoms with Gasteiger partial charge in [-0.25, -0.2) is 83.4 Å². The Morgan fingerprint density at radius 1 is 0.333 bits per heavy atom. The van der Waals surface area contributed by atoms with Crippen molar-refractivity contribution in [2.24, 2.45) is 0 Å². The number of halogens is 19. The van der Waals surface area contributed by atoms with Gasteiger partial charge < -0.3 is 8.85 Å². The van der Waals surface area contributed by atoms with Gasteiger partial charge in [-0.15, -0.1) is 21.9 Å². The van der Waals surface area contributed by atoms with Crippen molar-refractivity contribution < 1.29 is 92.3 Å². The monoisotopic (exact) mass is 779 g/mol. The molecule has 0 radical (unpaired) electrons. The lowest BCUT2D eigenvalue weighted by Crippen LogP contribution is -2.81. The lowest BCUT2D eigenvalue weighted by Gasteiger charge is -2.45. The van der Waals surface area contributed by atoms with Crippen molar-refractivity contribution in [1.82, 2.24) is 0 Å². The van der Waals surface area contributed by atoms with Crippen molar-refractivity contribution in [2.75, 3.05) is 14.2 Å². The van der Waals surface area contributed by atoms with Crippen molar-refractivity contribution in [3.05, 3.63) is 111 Å². The SMILES string of the molecule is CC[Si](OC)(OC)c1c(F)c(F)c([B-](c2c(F)c(F)c(F)c(F)c2F)(c2c(F)c(F)c(F)c(F)c2F)c2c(F)c(F)c(F)c(F)c2F)c(F)c1F. The number of benzene rings is 4. The summed E-state index contributed by atoms with van der Waals surface area (Å²) in [7, 11) is -3.64. The predicted octanol–water partition coefficient (Wildman–Crippen LogP) is 5.67. The molecule has 4 aromatic rings. The van der Waals surface area contributed by atoms with Gasteiger partial charge in [0.2, 0.25) is 0 Å². The Labute approximate surface area is 272 Å². The summed E-state index contributed by atoms with van der Waals surface area (Å²) in [4.78, 5) is 0. The summed E-state index contributed by atoms with van der Waals surface area (Å²) in [6, 6.07) is -0.741. The van der Waals surface area contributed by atoms with Crippen LogP contribution in [-0.2, 0) is 8.85 Å². The summed E-state index contributed by atoms with van der Waals surface area (Å²) in [5.41, 5.74) is -13.9. The van der Waals surface area contributed by atoms with E-state index < -0.39 is 158 Å². The summed E-state index contributed by atoms with van der Waals surface area (Å²) in [5, 5.41) is -1.97. The Balaban J connectivity index is 2.68. The van der Waals surface area contributed by atoms with Gasteiger partial charge in [0.05, 0.1) is 5.19 Å². The molecule has 0 aromatic heterocycles. The van der Waals surface area contributed by atoms with E-state index in [0.29, 0.717) is 14.2 Å². The van der Waals surface area contributed by atoms with E-state index in [-0.39, 0.29) is 0 Å². The lowest BCUT2D eigenvalue weighted by molar-refractivity contribution is 0.255. The fourth-order valence-electron chi connectivity index (χ4n) is 5.99. The van der Waals surface area contributed by atoms with Crippen LogP contribution in [0.3, 0.4) is 0 Å². The summed E-state index contributed by atoms with van der Waals surface area (Å²) < 4.78 is 300. The second-order valence-electron chi connectivity index (χ2n) is 10.4. The molecule has 0 amide bonds. The molecule has 23 heteroatoms. The molecule has 0 aliphatic heterocycles. The molecule has 0 N–H and O–H groups in total. The van der Waals surface area contributed by atoms with Gasteiger partial charge in [0, 0.05) is 14.2 Å². The van der Waals surface area contributed by atoms with Crippen LogP contribution in [0.1, 0.15) is 6.92 Å². The summed E-state index contributed by atoms with van der Waals surface area (Å²) in [5.74, 6) is -65.6. The molecule has 0 heterocycles. The molecular formula is C28H11BF19O2Si-. The zero-order valence-corrected chi connectivity index (χ0v) is 25.8. The highest BCUT2D eigenvalue weighted by Crippen LogP contribution is 2.30. The Morgan fingerprint density at radius 3 is 0.686 bits per heavy atom. The Hall–Kier alpha value is -4.25. The third kappa shape index (κ3) is 5.12. The Bertz CT molecular complexity index is 1850. The van der Waals surface area contributed by atoms with Gasteiger partial charge in [0.15, 0.2) is 64.0 Å². The number of rotatable bonds is 8. The molecule has 276 valence electrons. The van der Waals surface area contributed by atoms with E-state index in [2.05, 4.69) is 0 Å². The van der Waals surface area contributed by atoms with Gasteiger partial charge >= 0.3 is 8.56 Å². The van der Waals surface area contributed by atoms with Crippen LogP contribution >= 0.6 is 0 Å². The second-order valence-corrected chi connectivity index (χ2v) is 13.9. The molecule has 0 bridgehead atoms. The molecule has 51 heavy (non-hydrogen) atoms. The minimum atomic E-state index is -7.17. The molecule has 0 unspecified atom stereocenters. The third-order valence-electron chi connectivity index (χ3n) is 8.27. The highest BCUT2D eigenvalue weighted by atomic mass is 28.4. The van der Waals surface area contributed by atoms with Gasteiger partial charge in [0.25, 0.3) is 0 Å². The first-order valence-electron chi connectivity index (χ1n) is 13.3. The average molecular weight is 779 g/mol. The molecule has 4 rings (SSSR count). The predicted molar refractivity (Wildman–Crippen MR) is 139 cm³/mol. The van der Waals surface area contributed by atoms with Gasteiger partial charge in [-0.05, 0) is 6.04 Å². The summed E-state index contributed by atoms with van der Waals surface area (Å²) in [6.07, 6.45) is -7.17. The van der Waals surface area contributed by atoms with Gasteiger partial charge in [-0.1, -0.05) is 6.92 Å². The fraction of sp³-hybridized carbons (Fsp3) is 0.143. The van der Waals surface area contributed by atoms with Crippen LogP contribution in [0, 0.1) is 111 Å². The van der Waals surface area contributed by atoms with Crippen LogP contribution in [-0.4, -0.2) is 28.9 Å².